The summed E-state index contributed by atoms with van der Waals surface area (Å²) >= 11 is 0. The fourth-order valence-corrected chi connectivity index (χ4v) is 10.5. The van der Waals surface area contributed by atoms with Crippen molar-refractivity contribution >= 4 is 41.3 Å². The van der Waals surface area contributed by atoms with Crippen molar-refractivity contribution in [1.29, 1.82) is 0 Å². The maximum absolute atomic E-state index is 13.3. The van der Waals surface area contributed by atoms with Crippen LogP contribution in [-0.2, 0) is 46.7 Å². The molecule has 6 atom stereocenters. The number of phenols is 2. The molecule has 2 unspecified atom stereocenters. The quantitative estimate of drug-likeness (QED) is 0.0322. The highest BCUT2D eigenvalue weighted by atomic mass is 31.3. The highest BCUT2D eigenvalue weighted by Gasteiger charge is 2.54. The summed E-state index contributed by atoms with van der Waals surface area (Å²) in [7, 11) is -17.2. The van der Waals surface area contributed by atoms with Crippen LogP contribution in [0.5, 0.6) is 23.0 Å². The molecule has 26 nitrogen and oxygen atoms in total. The summed E-state index contributed by atoms with van der Waals surface area (Å²) in [5.74, 6) is 3.64. The Morgan fingerprint density at radius 3 is 2.16 bits per heavy atom. The lowest BCUT2D eigenvalue weighted by Gasteiger charge is -2.36. The Morgan fingerprint density at radius 1 is 0.824 bits per heavy atom. The highest BCUT2D eigenvalue weighted by Crippen LogP contribution is 2.66. The molecule has 29 heteroatoms. The second kappa shape index (κ2) is 19.5. The van der Waals surface area contributed by atoms with E-state index in [4.69, 9.17) is 24.0 Å². The third-order valence-corrected chi connectivity index (χ3v) is 14.2. The molecule has 2 amide bonds. The third-order valence-electron chi connectivity index (χ3n) is 10.4. The van der Waals surface area contributed by atoms with Gasteiger partial charge >= 0.3 is 35.1 Å². The van der Waals surface area contributed by atoms with E-state index in [0.29, 0.717) is 40.5 Å². The number of phenolic OH excluding ortho intramolecular Hbond substituents is 2. The molecule has 0 saturated carbocycles. The fourth-order valence-electron chi connectivity index (χ4n) is 7.43. The molecule has 3 aromatic carbocycles. The summed E-state index contributed by atoms with van der Waals surface area (Å²) in [5.41, 5.74) is -2.44. The molecule has 3 aliphatic rings. The number of fused-ring (bicyclic) bond motifs is 6. The Hall–Kier alpha value is -6.00. The normalized spacial score (nSPS) is 20.6. The molecular formula is C39H39N4O22P3. The van der Waals surface area contributed by atoms with Crippen LogP contribution < -0.4 is 26.6 Å². The Bertz CT molecular complexity index is 2960. The average molecular weight is 1010 g/mol. The molecule has 68 heavy (non-hydrogen) atoms. The summed E-state index contributed by atoms with van der Waals surface area (Å²) < 4.78 is 64.0. The number of nitrogens with zero attached hydrogens (tertiary/aromatic N) is 1. The van der Waals surface area contributed by atoms with Gasteiger partial charge in [0.05, 0.1) is 18.7 Å². The Balaban J connectivity index is 0.877. The van der Waals surface area contributed by atoms with Crippen LogP contribution in [0, 0.1) is 11.8 Å². The van der Waals surface area contributed by atoms with E-state index >= 15 is 0 Å². The minimum atomic E-state index is -5.86. The molecule has 4 aromatic rings. The number of aliphatic hydroxyl groups excluding tert-OH is 2. The number of aliphatic hydroxyl groups is 2. The lowest BCUT2D eigenvalue weighted by atomic mass is 9.77. The molecule has 362 valence electrons. The number of unbranched alkanes of at least 4 members (excludes halogenated alkanes) is 2. The van der Waals surface area contributed by atoms with E-state index in [9.17, 15) is 67.9 Å². The van der Waals surface area contributed by atoms with Gasteiger partial charge in [0.15, 0.2) is 11.8 Å². The molecule has 4 heterocycles. The van der Waals surface area contributed by atoms with Crippen molar-refractivity contribution in [3.05, 3.63) is 115 Å². The number of carbonyl (C=O) groups is 3. The Labute approximate surface area is 381 Å². The first-order valence-corrected chi connectivity index (χ1v) is 24.4. The van der Waals surface area contributed by atoms with E-state index < -0.39 is 89.2 Å². The zero-order valence-electron chi connectivity index (χ0n) is 34.6. The zero-order chi connectivity index (χ0) is 49.3. The first-order chi connectivity index (χ1) is 32.0. The van der Waals surface area contributed by atoms with Crippen molar-refractivity contribution in [2.45, 2.75) is 55.8 Å². The highest BCUT2D eigenvalue weighted by molar-refractivity contribution is 7.66. The maximum atomic E-state index is 13.3. The second-order valence-electron chi connectivity index (χ2n) is 15.1. The van der Waals surface area contributed by atoms with Gasteiger partial charge in [0.1, 0.15) is 46.9 Å². The number of amides is 2. The van der Waals surface area contributed by atoms with Crippen molar-refractivity contribution < 1.29 is 95.4 Å². The van der Waals surface area contributed by atoms with E-state index in [-0.39, 0.29) is 59.2 Å². The van der Waals surface area contributed by atoms with Crippen LogP contribution >= 0.6 is 23.5 Å². The summed E-state index contributed by atoms with van der Waals surface area (Å²) in [6, 6.07) is 13.1. The maximum Gasteiger partial charge on any atom is 0.490 e. The van der Waals surface area contributed by atoms with Gasteiger partial charge in [-0.1, -0.05) is 18.3 Å². The molecule has 1 fully saturated rings. The standard InChI is InChI=1S/C39H39N4O22P3/c44-22-8-11-25-28(16-22)61-29-17-23(45)9-12-26(29)39(25)27-15-20(7-10-24(27)37(51)63-39)34(49)41-13-3-1-2-6-31(46)40-14-4-5-21-18-43(38(52)42-35(21)50)36-33(48)32(47)30(62-36)19-60-67(56,57)65-68(58,59)64-66(53,54)55/h7-12,15-18,30,32-33,36,44-45,47-48H,1-3,6,13-14,19H2,(H,40,46)(H,41,49)(H,56,57)(H,58,59)(H,42,50,52)(H2,53,54,55)/t30-,32-,33-,36-/m1/s1. The number of aromatic hydroxyl groups is 2. The van der Waals surface area contributed by atoms with E-state index in [1.807, 2.05) is 4.98 Å². The number of hydrogen-bond donors (Lipinski definition) is 11. The molecule has 1 aromatic heterocycles. The lowest BCUT2D eigenvalue weighted by molar-refractivity contribution is -0.121. The number of benzene rings is 3. The van der Waals surface area contributed by atoms with Gasteiger partial charge in [0.25, 0.3) is 11.5 Å². The van der Waals surface area contributed by atoms with Crippen molar-refractivity contribution in [2.75, 3.05) is 19.7 Å². The Kier molecular flexibility index (Phi) is 14.3. The van der Waals surface area contributed by atoms with Gasteiger partial charge < -0.3 is 64.8 Å². The SMILES string of the molecule is O=C(CCCCCNC(=O)c1ccc2c(c1)C1(OC2=O)c2ccc(O)cc2Oc2cc(O)ccc21)NCC#Cc1cn([C@@H]2O[C@H](COP(=O)(O)OP(=O)(O)OP(=O)(O)O)[C@@H](O)[C@H]2O)c(=O)[nH]c1=O. The second-order valence-corrected chi connectivity index (χ2v) is 19.5. The number of esters is 1. The average Bonchev–Trinajstić information content (AvgIpc) is 3.69. The number of aromatic amines is 1. The number of phosphoric acid groups is 3. The minimum Gasteiger partial charge on any atom is -0.508 e. The molecular weight excluding hydrogens is 969 g/mol. The predicted octanol–water partition coefficient (Wildman–Crippen LogP) is 0.936. The van der Waals surface area contributed by atoms with Gasteiger partial charge in [-0.05, 0) is 55.3 Å². The van der Waals surface area contributed by atoms with Gasteiger partial charge in [-0.15, -0.1) is 0 Å². The smallest absolute Gasteiger partial charge is 0.490 e. The number of hydrogen-bond acceptors (Lipinski definition) is 18. The van der Waals surface area contributed by atoms with E-state index in [1.165, 1.54) is 36.4 Å². The number of nitrogens with one attached hydrogen (secondary N) is 3. The van der Waals surface area contributed by atoms with Crippen LogP contribution in [0.3, 0.4) is 0 Å². The molecule has 3 aliphatic heterocycles. The van der Waals surface area contributed by atoms with Crippen molar-refractivity contribution in [3.8, 4) is 34.8 Å². The first-order valence-electron chi connectivity index (χ1n) is 19.9. The van der Waals surface area contributed by atoms with Crippen LogP contribution in [0.4, 0.5) is 0 Å². The first kappa shape index (κ1) is 49.9. The molecule has 0 radical (unpaired) electrons. The number of phosphoric ester groups is 1. The fraction of sp³-hybridized carbons (Fsp3) is 0.308. The summed E-state index contributed by atoms with van der Waals surface area (Å²) in [6.45, 7) is -1.17. The van der Waals surface area contributed by atoms with Crippen LogP contribution in [0.1, 0.15) is 74.9 Å². The summed E-state index contributed by atoms with van der Waals surface area (Å²) in [6.07, 6.45) is -5.02. The number of H-pyrrole nitrogens is 1. The van der Waals surface area contributed by atoms with Gasteiger partial charge in [-0.25, -0.2) is 23.3 Å². The van der Waals surface area contributed by atoms with Crippen molar-refractivity contribution in [3.63, 3.8) is 0 Å². The predicted molar refractivity (Wildman–Crippen MR) is 226 cm³/mol. The van der Waals surface area contributed by atoms with Crippen LogP contribution in [0.2, 0.25) is 0 Å². The van der Waals surface area contributed by atoms with Crippen molar-refractivity contribution in [2.24, 2.45) is 0 Å². The van der Waals surface area contributed by atoms with E-state index in [0.717, 1.165) is 6.20 Å². The third kappa shape index (κ3) is 11.0. The Morgan fingerprint density at radius 2 is 1.50 bits per heavy atom. The van der Waals surface area contributed by atoms with Gasteiger partial charge in [-0.2, -0.15) is 8.62 Å². The van der Waals surface area contributed by atoms with E-state index in [2.05, 4.69) is 35.6 Å². The number of aromatic nitrogens is 2. The van der Waals surface area contributed by atoms with E-state index in [1.54, 1.807) is 18.2 Å². The molecule has 11 N–H and O–H groups in total. The molecule has 0 bridgehead atoms. The van der Waals surface area contributed by atoms with Gasteiger partial charge in [0.2, 0.25) is 5.91 Å². The largest absolute Gasteiger partial charge is 0.508 e. The zero-order valence-corrected chi connectivity index (χ0v) is 37.3. The topological polar surface area (TPSA) is 399 Å². The lowest BCUT2D eigenvalue weighted by Crippen LogP contribution is -2.38. The molecule has 7 rings (SSSR count). The number of ether oxygens (including phenoxy) is 3. The number of carbonyl (C=O) groups excluding carboxylic acids is 3. The van der Waals surface area contributed by atoms with Crippen LogP contribution in [0.25, 0.3) is 0 Å². The molecule has 0 aliphatic carbocycles. The minimum absolute atomic E-state index is 0.0761. The van der Waals surface area contributed by atoms with Gasteiger partial charge in [-0.3, -0.25) is 28.5 Å². The summed E-state index contributed by atoms with van der Waals surface area (Å²) in [5, 5.41) is 46.7. The molecule has 1 saturated heterocycles. The summed E-state index contributed by atoms with van der Waals surface area (Å²) in [4.78, 5) is 102. The molecule has 1 spiro atoms. The van der Waals surface area contributed by atoms with Gasteiger partial charge in [0, 0.05) is 53.5 Å². The van der Waals surface area contributed by atoms with Crippen molar-refractivity contribution in [1.82, 2.24) is 20.2 Å². The van der Waals surface area contributed by atoms with Crippen LogP contribution in [0.15, 0.2) is 70.4 Å². The number of rotatable bonds is 16. The van der Waals surface area contributed by atoms with Crippen LogP contribution in [-0.4, -0.2) is 105 Å². The monoisotopic (exact) mass is 1010 g/mol.